The number of hydrogen-bond acceptors (Lipinski definition) is 5. The van der Waals surface area contributed by atoms with E-state index in [9.17, 15) is 4.79 Å². The maximum absolute atomic E-state index is 11.9. The number of halogens is 1. The van der Waals surface area contributed by atoms with Gasteiger partial charge >= 0.3 is 0 Å². The molecule has 0 bridgehead atoms. The molecule has 0 aliphatic rings. The van der Waals surface area contributed by atoms with Gasteiger partial charge in [0.1, 0.15) is 11.6 Å². The summed E-state index contributed by atoms with van der Waals surface area (Å²) in [6, 6.07) is 13.8. The van der Waals surface area contributed by atoms with Crippen LogP contribution in [0.25, 0.3) is 0 Å². The van der Waals surface area contributed by atoms with Gasteiger partial charge in [-0.1, -0.05) is 18.2 Å². The molecule has 1 amide bonds. The molecule has 0 unspecified atom stereocenters. The van der Waals surface area contributed by atoms with Gasteiger partial charge in [0.05, 0.1) is 25.9 Å². The molecule has 0 saturated carbocycles. The zero-order valence-electron chi connectivity index (χ0n) is 18.9. The van der Waals surface area contributed by atoms with Crippen LogP contribution < -0.4 is 20.3 Å². The van der Waals surface area contributed by atoms with Crippen molar-refractivity contribution in [2.45, 2.75) is 13.0 Å². The summed E-state index contributed by atoms with van der Waals surface area (Å²) in [6.45, 7) is 1.27. The van der Waals surface area contributed by atoms with E-state index in [0.29, 0.717) is 19.0 Å². The number of methoxy groups -OCH3 is 1. The zero-order chi connectivity index (χ0) is 21.9. The number of benzene rings is 1. The first-order chi connectivity index (χ1) is 14.4. The molecule has 0 radical (unpaired) electrons. The number of aliphatic imine (C=N–C) groups is 1. The molecule has 2 aromatic rings. The van der Waals surface area contributed by atoms with Crippen molar-refractivity contribution in [3.8, 4) is 5.75 Å². The highest BCUT2D eigenvalue weighted by Crippen LogP contribution is 2.11. The monoisotopic (exact) mass is 540 g/mol. The normalized spacial score (nSPS) is 10.7. The second-order valence-corrected chi connectivity index (χ2v) is 7.21. The Kier molecular flexibility index (Phi) is 11.7. The SMILES string of the molecule is COc1ccc(CCNC(=NCc2cccc(N(C)C)n2)NCC(=O)N(C)C)cc1.I. The Labute approximate surface area is 202 Å². The molecule has 0 aliphatic carbocycles. The standard InChI is InChI=1S/C22H32N6O2.HI/c1-27(2)20-8-6-7-18(26-20)15-24-22(25-16-21(29)28(3)4)23-14-13-17-9-11-19(30-5)12-10-17;/h6-12H,13-16H2,1-5H3,(H2,23,24,25);1H. The second-order valence-electron chi connectivity index (χ2n) is 7.21. The molecule has 0 atom stereocenters. The van der Waals surface area contributed by atoms with Crippen molar-refractivity contribution < 1.29 is 9.53 Å². The van der Waals surface area contributed by atoms with Gasteiger partial charge in [0, 0.05) is 34.7 Å². The van der Waals surface area contributed by atoms with Crippen molar-refractivity contribution in [1.29, 1.82) is 0 Å². The Balaban J connectivity index is 0.00000480. The van der Waals surface area contributed by atoms with E-state index in [1.54, 1.807) is 26.1 Å². The van der Waals surface area contributed by atoms with Crippen molar-refractivity contribution in [2.75, 3.05) is 53.3 Å². The minimum absolute atomic E-state index is 0. The molecular weight excluding hydrogens is 507 g/mol. The van der Waals surface area contributed by atoms with Gasteiger partial charge in [-0.2, -0.15) is 0 Å². The smallest absolute Gasteiger partial charge is 0.241 e. The third-order valence-electron chi connectivity index (χ3n) is 4.42. The van der Waals surface area contributed by atoms with E-state index in [0.717, 1.165) is 23.7 Å². The average molecular weight is 540 g/mol. The number of carbonyl (C=O) groups is 1. The van der Waals surface area contributed by atoms with E-state index in [4.69, 9.17) is 4.74 Å². The zero-order valence-corrected chi connectivity index (χ0v) is 21.2. The van der Waals surface area contributed by atoms with Crippen molar-refractivity contribution in [3.05, 3.63) is 53.7 Å². The van der Waals surface area contributed by atoms with Gasteiger partial charge in [-0.25, -0.2) is 9.98 Å². The van der Waals surface area contributed by atoms with Gasteiger partial charge in [-0.3, -0.25) is 4.79 Å². The summed E-state index contributed by atoms with van der Waals surface area (Å²) in [5, 5.41) is 6.40. The molecule has 0 fully saturated rings. The van der Waals surface area contributed by atoms with Crippen LogP contribution in [0.3, 0.4) is 0 Å². The van der Waals surface area contributed by atoms with E-state index >= 15 is 0 Å². The fraction of sp³-hybridized carbons (Fsp3) is 0.409. The summed E-state index contributed by atoms with van der Waals surface area (Å²) >= 11 is 0. The third kappa shape index (κ3) is 9.41. The summed E-state index contributed by atoms with van der Waals surface area (Å²) < 4.78 is 5.19. The summed E-state index contributed by atoms with van der Waals surface area (Å²) in [4.78, 5) is 24.6. The van der Waals surface area contributed by atoms with Crippen LogP contribution >= 0.6 is 24.0 Å². The third-order valence-corrected chi connectivity index (χ3v) is 4.42. The van der Waals surface area contributed by atoms with Crippen LogP contribution in [0.4, 0.5) is 5.82 Å². The Morgan fingerprint density at radius 3 is 2.39 bits per heavy atom. The lowest BCUT2D eigenvalue weighted by Gasteiger charge is -2.15. The largest absolute Gasteiger partial charge is 0.497 e. The molecule has 1 aromatic heterocycles. The molecule has 170 valence electrons. The molecule has 1 heterocycles. The fourth-order valence-corrected chi connectivity index (χ4v) is 2.57. The molecule has 1 aromatic carbocycles. The van der Waals surface area contributed by atoms with E-state index in [2.05, 4.69) is 20.6 Å². The maximum Gasteiger partial charge on any atom is 0.241 e. The summed E-state index contributed by atoms with van der Waals surface area (Å²) in [5.74, 6) is 2.28. The molecule has 0 aliphatic heterocycles. The predicted molar refractivity (Wildman–Crippen MR) is 137 cm³/mol. The number of pyridine rings is 1. The molecule has 0 saturated heterocycles. The van der Waals surface area contributed by atoms with Gasteiger partial charge < -0.3 is 25.2 Å². The fourth-order valence-electron chi connectivity index (χ4n) is 2.57. The molecule has 2 N–H and O–H groups in total. The molecule has 2 rings (SSSR count). The molecular formula is C22H33IN6O2. The Morgan fingerprint density at radius 1 is 1.06 bits per heavy atom. The first-order valence-electron chi connectivity index (χ1n) is 9.87. The van der Waals surface area contributed by atoms with E-state index in [1.165, 1.54) is 5.56 Å². The van der Waals surface area contributed by atoms with Gasteiger partial charge in [-0.15, -0.1) is 24.0 Å². The van der Waals surface area contributed by atoms with Crippen LogP contribution in [0.2, 0.25) is 0 Å². The first kappa shape index (κ1) is 26.5. The van der Waals surface area contributed by atoms with E-state index < -0.39 is 0 Å². The number of nitrogens with one attached hydrogen (secondary N) is 2. The van der Waals surface area contributed by atoms with Crippen LogP contribution in [0.5, 0.6) is 5.75 Å². The van der Waals surface area contributed by atoms with E-state index in [-0.39, 0.29) is 36.4 Å². The number of rotatable bonds is 9. The Bertz CT molecular complexity index is 840. The number of carbonyl (C=O) groups excluding carboxylic acids is 1. The van der Waals surface area contributed by atoms with Crippen molar-refractivity contribution in [3.63, 3.8) is 0 Å². The molecule has 0 spiro atoms. The lowest BCUT2D eigenvalue weighted by molar-refractivity contribution is -0.127. The minimum atomic E-state index is -0.0209. The van der Waals surface area contributed by atoms with Crippen molar-refractivity contribution in [2.24, 2.45) is 4.99 Å². The highest BCUT2D eigenvalue weighted by atomic mass is 127. The van der Waals surface area contributed by atoms with Gasteiger partial charge in [0.2, 0.25) is 5.91 Å². The van der Waals surface area contributed by atoms with Crippen LogP contribution in [0.1, 0.15) is 11.3 Å². The lowest BCUT2D eigenvalue weighted by Crippen LogP contribution is -2.43. The highest BCUT2D eigenvalue weighted by molar-refractivity contribution is 14.0. The first-order valence-corrected chi connectivity index (χ1v) is 9.87. The predicted octanol–water partition coefficient (Wildman–Crippen LogP) is 2.14. The van der Waals surface area contributed by atoms with Crippen LogP contribution in [-0.4, -0.2) is 70.1 Å². The minimum Gasteiger partial charge on any atom is -0.497 e. The summed E-state index contributed by atoms with van der Waals surface area (Å²) in [5.41, 5.74) is 2.05. The number of aromatic nitrogens is 1. The van der Waals surface area contributed by atoms with Crippen LogP contribution in [0.15, 0.2) is 47.5 Å². The number of hydrogen-bond donors (Lipinski definition) is 2. The average Bonchev–Trinajstić information content (AvgIpc) is 2.75. The number of ether oxygens (including phenoxy) is 1. The summed E-state index contributed by atoms with van der Waals surface area (Å²) in [7, 11) is 9.03. The number of guanidine groups is 1. The van der Waals surface area contributed by atoms with Crippen LogP contribution in [0, 0.1) is 0 Å². The molecule has 9 heteroatoms. The van der Waals surface area contributed by atoms with Crippen molar-refractivity contribution >= 4 is 41.7 Å². The number of amides is 1. The van der Waals surface area contributed by atoms with Crippen molar-refractivity contribution in [1.82, 2.24) is 20.5 Å². The van der Waals surface area contributed by atoms with Gasteiger partial charge in [0.15, 0.2) is 5.96 Å². The highest BCUT2D eigenvalue weighted by Gasteiger charge is 2.07. The molecule has 8 nitrogen and oxygen atoms in total. The Morgan fingerprint density at radius 2 is 1.77 bits per heavy atom. The van der Waals surface area contributed by atoms with E-state index in [1.807, 2.05) is 61.5 Å². The van der Waals surface area contributed by atoms with Gasteiger partial charge in [-0.05, 0) is 36.2 Å². The number of anilines is 1. The maximum atomic E-state index is 11.9. The lowest BCUT2D eigenvalue weighted by atomic mass is 10.1. The van der Waals surface area contributed by atoms with Crippen LogP contribution in [-0.2, 0) is 17.8 Å². The Hall–Kier alpha value is -2.56. The quantitative estimate of drug-likeness (QED) is 0.288. The number of nitrogens with zero attached hydrogens (tertiary/aromatic N) is 4. The topological polar surface area (TPSA) is 82.1 Å². The van der Waals surface area contributed by atoms with Gasteiger partial charge in [0.25, 0.3) is 0 Å². The summed E-state index contributed by atoms with van der Waals surface area (Å²) in [6.07, 6.45) is 0.820. The number of likely N-dealkylation sites (N-methyl/N-ethyl adjacent to an activating group) is 1. The molecule has 31 heavy (non-hydrogen) atoms. The second kappa shape index (κ2) is 13.7.